The number of benzene rings is 1. The zero-order chi connectivity index (χ0) is 17.0. The van der Waals surface area contributed by atoms with Gasteiger partial charge in [0.25, 0.3) is 0 Å². The van der Waals surface area contributed by atoms with Crippen molar-refractivity contribution in [2.24, 2.45) is 0 Å². The molecule has 0 unspecified atom stereocenters. The van der Waals surface area contributed by atoms with Crippen LogP contribution in [0.2, 0.25) is 5.02 Å². The maximum atomic E-state index is 12.2. The molecular weight excluding hydrogens is 322 g/mol. The molecule has 0 amide bonds. The summed E-state index contributed by atoms with van der Waals surface area (Å²) in [6.45, 7) is 3.61. The Morgan fingerprint density at radius 1 is 1.52 bits per heavy atom. The lowest BCUT2D eigenvalue weighted by atomic mass is 9.77. The zero-order valence-electron chi connectivity index (χ0n) is 13.0. The Hall–Kier alpha value is -2.08. The maximum absolute atomic E-state index is 12.2. The molecule has 7 heteroatoms. The lowest BCUT2D eigenvalue weighted by molar-refractivity contribution is -0.747. The summed E-state index contributed by atoms with van der Waals surface area (Å²) in [6, 6.07) is 6.67. The van der Waals surface area contributed by atoms with Crippen LogP contribution in [-0.4, -0.2) is 35.1 Å². The monoisotopic (exact) mass is 339 g/mol. The first-order chi connectivity index (χ1) is 11.0. The SMILES string of the molecule is CCC[C@@]1(C=O)O[N+]([O-])=C(C(=O)OCC)[C@@H]1c1cccc(Cl)c1. The minimum Gasteiger partial charge on any atom is -0.458 e. The zero-order valence-corrected chi connectivity index (χ0v) is 13.7. The molecule has 2 atom stereocenters. The standard InChI is InChI=1S/C16H18ClNO5/c1-3-8-16(10-19)13(11-6-5-7-12(17)9-11)14(18(21)23-16)15(20)22-4-2/h5-7,9-10,13H,3-4,8H2,1-2H3/t13-,16-/m0/s1. The second-order valence-corrected chi connectivity index (χ2v) is 5.70. The fourth-order valence-electron chi connectivity index (χ4n) is 2.85. The number of hydrogen-bond donors (Lipinski definition) is 0. The average Bonchev–Trinajstić information content (AvgIpc) is 2.81. The molecule has 1 aliphatic rings. The Morgan fingerprint density at radius 3 is 2.83 bits per heavy atom. The highest BCUT2D eigenvalue weighted by Crippen LogP contribution is 2.40. The number of aldehydes is 1. The highest BCUT2D eigenvalue weighted by Gasteiger charge is 2.56. The quantitative estimate of drug-likeness (QED) is 0.452. The number of nitrogens with zero attached hydrogens (tertiary/aromatic N) is 1. The summed E-state index contributed by atoms with van der Waals surface area (Å²) in [4.78, 5) is 29.3. The van der Waals surface area contributed by atoms with Crippen molar-refractivity contribution in [3.05, 3.63) is 40.1 Å². The Balaban J connectivity index is 2.58. The average molecular weight is 340 g/mol. The molecule has 0 bridgehead atoms. The summed E-state index contributed by atoms with van der Waals surface area (Å²) in [5, 5.41) is 12.6. The number of esters is 1. The van der Waals surface area contributed by atoms with Gasteiger partial charge in [0.1, 0.15) is 12.2 Å². The van der Waals surface area contributed by atoms with Gasteiger partial charge in [-0.05, 0) is 31.0 Å². The third-order valence-electron chi connectivity index (χ3n) is 3.72. The normalized spacial score (nSPS) is 23.5. The molecule has 1 heterocycles. The van der Waals surface area contributed by atoms with Crippen molar-refractivity contribution in [2.45, 2.75) is 38.2 Å². The third kappa shape index (κ3) is 3.17. The van der Waals surface area contributed by atoms with E-state index in [0.717, 1.165) is 0 Å². The van der Waals surface area contributed by atoms with E-state index in [0.29, 0.717) is 23.3 Å². The molecule has 1 aliphatic heterocycles. The van der Waals surface area contributed by atoms with E-state index in [4.69, 9.17) is 21.2 Å². The first-order valence-corrected chi connectivity index (χ1v) is 7.79. The van der Waals surface area contributed by atoms with Crippen molar-refractivity contribution in [3.8, 4) is 0 Å². The van der Waals surface area contributed by atoms with E-state index in [1.54, 1.807) is 31.2 Å². The summed E-state index contributed by atoms with van der Waals surface area (Å²) < 4.78 is 4.95. The summed E-state index contributed by atoms with van der Waals surface area (Å²) in [6.07, 6.45) is 1.47. The van der Waals surface area contributed by atoms with E-state index in [-0.39, 0.29) is 23.6 Å². The Bertz CT molecular complexity index is 645. The lowest BCUT2D eigenvalue weighted by Gasteiger charge is -2.29. The van der Waals surface area contributed by atoms with Crippen molar-refractivity contribution >= 4 is 29.6 Å². The first kappa shape index (κ1) is 17.3. The van der Waals surface area contributed by atoms with Crippen LogP contribution in [0.25, 0.3) is 0 Å². The van der Waals surface area contributed by atoms with E-state index in [9.17, 15) is 14.8 Å². The van der Waals surface area contributed by atoms with Gasteiger partial charge in [0.05, 0.1) is 11.5 Å². The van der Waals surface area contributed by atoms with Crippen LogP contribution >= 0.6 is 11.6 Å². The van der Waals surface area contributed by atoms with Gasteiger partial charge >= 0.3 is 11.7 Å². The van der Waals surface area contributed by atoms with E-state index in [1.807, 2.05) is 6.92 Å². The molecule has 1 aromatic rings. The van der Waals surface area contributed by atoms with E-state index >= 15 is 0 Å². The highest BCUT2D eigenvalue weighted by atomic mass is 35.5. The first-order valence-electron chi connectivity index (χ1n) is 7.41. The van der Waals surface area contributed by atoms with Gasteiger partial charge in [0, 0.05) is 5.02 Å². The van der Waals surface area contributed by atoms with E-state index < -0.39 is 17.5 Å². The molecule has 0 aromatic heterocycles. The molecule has 0 saturated heterocycles. The number of carbonyl (C=O) groups excluding carboxylic acids is 2. The van der Waals surface area contributed by atoms with Crippen LogP contribution in [0.3, 0.4) is 0 Å². The molecule has 6 nitrogen and oxygen atoms in total. The fourth-order valence-corrected chi connectivity index (χ4v) is 3.04. The van der Waals surface area contributed by atoms with Gasteiger partial charge in [0.2, 0.25) is 0 Å². The molecule has 0 spiro atoms. The number of halogens is 1. The molecule has 0 N–H and O–H groups in total. The lowest BCUT2D eigenvalue weighted by Crippen LogP contribution is -2.41. The van der Waals surface area contributed by atoms with Crippen LogP contribution in [0.5, 0.6) is 0 Å². The number of carbonyl (C=O) groups is 2. The maximum Gasteiger partial charge on any atom is 0.405 e. The summed E-state index contributed by atoms with van der Waals surface area (Å²) in [5.74, 6) is -1.66. The molecule has 2 rings (SSSR count). The van der Waals surface area contributed by atoms with Crippen LogP contribution in [0.4, 0.5) is 0 Å². The molecule has 124 valence electrons. The topological polar surface area (TPSA) is 78.7 Å². The van der Waals surface area contributed by atoms with Gasteiger partial charge in [-0.1, -0.05) is 37.1 Å². The summed E-state index contributed by atoms with van der Waals surface area (Å²) >= 11 is 6.02. The van der Waals surface area contributed by atoms with E-state index in [1.165, 1.54) is 0 Å². The molecule has 0 aliphatic carbocycles. The van der Waals surface area contributed by atoms with Crippen LogP contribution in [0, 0.1) is 5.21 Å². The largest absolute Gasteiger partial charge is 0.458 e. The third-order valence-corrected chi connectivity index (χ3v) is 3.95. The molecule has 23 heavy (non-hydrogen) atoms. The molecule has 1 aromatic carbocycles. The van der Waals surface area contributed by atoms with Gasteiger partial charge in [-0.25, -0.2) is 4.79 Å². The predicted molar refractivity (Wildman–Crippen MR) is 84.2 cm³/mol. The van der Waals surface area contributed by atoms with Gasteiger partial charge < -0.3 is 14.4 Å². The summed E-state index contributed by atoms with van der Waals surface area (Å²) in [5.41, 5.74) is -1.13. The van der Waals surface area contributed by atoms with Crippen molar-refractivity contribution in [3.63, 3.8) is 0 Å². The number of rotatable bonds is 6. The van der Waals surface area contributed by atoms with Crippen LogP contribution in [-0.2, 0) is 19.2 Å². The smallest absolute Gasteiger partial charge is 0.405 e. The van der Waals surface area contributed by atoms with Crippen LogP contribution in [0.1, 0.15) is 38.2 Å². The Morgan fingerprint density at radius 2 is 2.26 bits per heavy atom. The van der Waals surface area contributed by atoms with Crippen LogP contribution < -0.4 is 0 Å². The van der Waals surface area contributed by atoms with E-state index in [2.05, 4.69) is 0 Å². The second kappa shape index (κ2) is 7.00. The van der Waals surface area contributed by atoms with Crippen molar-refractivity contribution in [1.82, 2.24) is 0 Å². The number of hydrogen-bond acceptors (Lipinski definition) is 5. The minimum absolute atomic E-state index is 0.105. The van der Waals surface area contributed by atoms with Gasteiger partial charge in [-0.15, -0.1) is 0 Å². The van der Waals surface area contributed by atoms with Gasteiger partial charge in [-0.3, -0.25) is 5.21 Å². The van der Waals surface area contributed by atoms with Crippen molar-refractivity contribution < 1.29 is 24.1 Å². The molecule has 0 saturated carbocycles. The molecule has 0 radical (unpaired) electrons. The summed E-state index contributed by atoms with van der Waals surface area (Å²) in [7, 11) is 0. The minimum atomic E-state index is -1.44. The fraction of sp³-hybridized carbons (Fsp3) is 0.438. The predicted octanol–water partition coefficient (Wildman–Crippen LogP) is 2.62. The number of ether oxygens (including phenoxy) is 1. The van der Waals surface area contributed by atoms with Gasteiger partial charge in [0.15, 0.2) is 5.60 Å². The van der Waals surface area contributed by atoms with Crippen LogP contribution in [0.15, 0.2) is 24.3 Å². The molecule has 0 fully saturated rings. The van der Waals surface area contributed by atoms with Crippen molar-refractivity contribution in [1.29, 1.82) is 0 Å². The molecular formula is C16H18ClNO5. The van der Waals surface area contributed by atoms with Gasteiger partial charge in [-0.2, -0.15) is 0 Å². The second-order valence-electron chi connectivity index (χ2n) is 5.26. The Kier molecular flexibility index (Phi) is 5.26. The highest BCUT2D eigenvalue weighted by molar-refractivity contribution is 6.37. The Labute approximate surface area is 139 Å². The van der Waals surface area contributed by atoms with Crippen molar-refractivity contribution in [2.75, 3.05) is 6.61 Å².